The van der Waals surface area contributed by atoms with E-state index in [1.165, 1.54) is 22.7 Å². The van der Waals surface area contributed by atoms with Crippen LogP contribution in [0.1, 0.15) is 61.2 Å². The van der Waals surface area contributed by atoms with Crippen LogP contribution >= 0.6 is 11.8 Å². The zero-order valence-electron chi connectivity index (χ0n) is 22.9. The van der Waals surface area contributed by atoms with E-state index in [4.69, 9.17) is 9.84 Å². The van der Waals surface area contributed by atoms with Gasteiger partial charge in [-0.15, -0.1) is 11.8 Å². The minimum absolute atomic E-state index is 0.00378. The molecule has 2 aliphatic rings. The highest BCUT2D eigenvalue weighted by Gasteiger charge is 2.40. The number of carbonyl (C=O) groups excluding carboxylic acids is 2. The molecule has 1 N–H and O–H groups in total. The summed E-state index contributed by atoms with van der Waals surface area (Å²) in [5.41, 5.74) is 3.47. The molecule has 1 saturated heterocycles. The van der Waals surface area contributed by atoms with E-state index in [1.807, 2.05) is 37.3 Å². The smallest absolute Gasteiger partial charge is 0.240 e. The van der Waals surface area contributed by atoms with Crippen LogP contribution in [0.15, 0.2) is 48.5 Å². The molecule has 2 amide bonds. The molecule has 0 saturated carbocycles. The summed E-state index contributed by atoms with van der Waals surface area (Å²) in [6.07, 6.45) is 1.88. The lowest BCUT2D eigenvalue weighted by Gasteiger charge is -2.25. The van der Waals surface area contributed by atoms with Crippen molar-refractivity contribution in [3.05, 3.63) is 76.7 Å². The fraction of sp³-hybridized carbons (Fsp3) is 0.433. The zero-order chi connectivity index (χ0) is 27.7. The van der Waals surface area contributed by atoms with Crippen molar-refractivity contribution in [2.45, 2.75) is 57.3 Å². The summed E-state index contributed by atoms with van der Waals surface area (Å²) in [6, 6.07) is 14.6. The van der Waals surface area contributed by atoms with Crippen LogP contribution in [0.3, 0.4) is 0 Å². The highest BCUT2D eigenvalue weighted by Crippen LogP contribution is 2.48. The third-order valence-electron chi connectivity index (χ3n) is 7.12. The number of aryl methyl sites for hydroxylation is 1. The van der Waals surface area contributed by atoms with Crippen molar-refractivity contribution in [1.29, 1.82) is 0 Å². The van der Waals surface area contributed by atoms with Gasteiger partial charge in [0.15, 0.2) is 0 Å². The second-order valence-electron chi connectivity index (χ2n) is 11.2. The van der Waals surface area contributed by atoms with E-state index in [9.17, 15) is 9.59 Å². The van der Waals surface area contributed by atoms with Crippen molar-refractivity contribution in [1.82, 2.24) is 15.1 Å². The Kier molecular flexibility index (Phi) is 7.82. The normalized spacial score (nSPS) is 19.6. The number of hydrogen-bond acceptors (Lipinski definition) is 5. The van der Waals surface area contributed by atoms with Crippen molar-refractivity contribution in [2.75, 3.05) is 30.3 Å². The molecule has 0 radical (unpaired) electrons. The number of benzene rings is 2. The summed E-state index contributed by atoms with van der Waals surface area (Å²) in [5, 5.41) is 7.52. The van der Waals surface area contributed by atoms with Gasteiger partial charge >= 0.3 is 0 Å². The highest BCUT2D eigenvalue weighted by atomic mass is 32.2. The average Bonchev–Trinajstić information content (AvgIpc) is 3.53. The van der Waals surface area contributed by atoms with E-state index < -0.39 is 10.7 Å². The van der Waals surface area contributed by atoms with E-state index in [2.05, 4.69) is 26.1 Å². The van der Waals surface area contributed by atoms with E-state index in [-0.39, 0.29) is 36.0 Å². The van der Waals surface area contributed by atoms with Gasteiger partial charge in [-0.1, -0.05) is 56.7 Å². The summed E-state index contributed by atoms with van der Waals surface area (Å²) >= 11 is 1.37. The Morgan fingerprint density at radius 2 is 1.92 bits per heavy atom. The van der Waals surface area contributed by atoms with Crippen LogP contribution in [-0.2, 0) is 19.7 Å². The monoisotopic (exact) mass is 550 g/mol. The van der Waals surface area contributed by atoms with Gasteiger partial charge in [0.1, 0.15) is 18.2 Å². The second-order valence-corrected chi connectivity index (χ2v) is 12.3. The Labute approximate surface area is 233 Å². The fourth-order valence-corrected chi connectivity index (χ4v) is 6.32. The number of fused-ring (bicyclic) bond motifs is 1. The number of rotatable bonds is 6. The first-order valence-electron chi connectivity index (χ1n) is 13.4. The number of hydrogen-bond donors (Lipinski definition) is 1. The third-order valence-corrected chi connectivity index (χ3v) is 8.35. The Morgan fingerprint density at radius 3 is 2.59 bits per heavy atom. The minimum atomic E-state index is -0.474. The number of amides is 2. The van der Waals surface area contributed by atoms with Crippen LogP contribution in [0.2, 0.25) is 0 Å². The molecule has 2 atom stereocenters. The molecular weight excluding hydrogens is 515 g/mol. The number of halogens is 1. The van der Waals surface area contributed by atoms with Gasteiger partial charge in [-0.3, -0.25) is 14.5 Å². The van der Waals surface area contributed by atoms with Crippen molar-refractivity contribution in [2.24, 2.45) is 0 Å². The second kappa shape index (κ2) is 11.1. The predicted octanol–water partition coefficient (Wildman–Crippen LogP) is 5.08. The number of carbonyl (C=O) groups is 2. The maximum Gasteiger partial charge on any atom is 0.240 e. The van der Waals surface area contributed by atoms with E-state index >= 15 is 4.39 Å². The number of ether oxygens (including phenoxy) is 1. The van der Waals surface area contributed by atoms with Crippen LogP contribution < -0.4 is 10.2 Å². The van der Waals surface area contributed by atoms with Crippen LogP contribution in [0.5, 0.6) is 0 Å². The first kappa shape index (κ1) is 27.4. The first-order chi connectivity index (χ1) is 18.6. The molecule has 0 aliphatic carbocycles. The molecule has 2 aromatic carbocycles. The molecule has 0 bridgehead atoms. The van der Waals surface area contributed by atoms with Gasteiger partial charge in [-0.05, 0) is 38.0 Å². The molecule has 0 spiro atoms. The van der Waals surface area contributed by atoms with Crippen LogP contribution in [0, 0.1) is 12.7 Å². The van der Waals surface area contributed by atoms with Gasteiger partial charge < -0.3 is 10.1 Å². The summed E-state index contributed by atoms with van der Waals surface area (Å²) in [4.78, 5) is 28.4. The molecule has 1 fully saturated rings. The molecular formula is C30H35FN4O3S. The zero-order valence-corrected chi connectivity index (χ0v) is 23.7. The summed E-state index contributed by atoms with van der Waals surface area (Å²) in [6.45, 7) is 9.13. The number of nitrogens with one attached hydrogen (secondary N) is 1. The summed E-state index contributed by atoms with van der Waals surface area (Å²) in [5.74, 6) is -0.211. The average molecular weight is 551 g/mol. The lowest BCUT2D eigenvalue weighted by molar-refractivity contribution is -0.123. The number of thioether (sulfide) groups is 1. The lowest BCUT2D eigenvalue weighted by atomic mass is 9.87. The Morgan fingerprint density at radius 1 is 1.18 bits per heavy atom. The largest absolute Gasteiger partial charge is 0.376 e. The molecule has 2 aliphatic heterocycles. The van der Waals surface area contributed by atoms with Gasteiger partial charge in [0, 0.05) is 29.7 Å². The molecule has 0 unspecified atom stereocenters. The van der Waals surface area contributed by atoms with Gasteiger partial charge in [-0.25, -0.2) is 9.07 Å². The predicted molar refractivity (Wildman–Crippen MR) is 152 cm³/mol. The standard InChI is InChI=1S/C30H35FN4O3S/c1-19-11-13-20(14-12-19)35-29-26(28(33-35)30(2,3)4)27(22-9-5-6-10-23(22)31)39-18-25(37)34(29)17-24(36)32-16-21-8-7-15-38-21/h5-6,9-14,21,27H,7-8,15-18H2,1-4H3,(H,32,36)/t21-,27-/m1/s1. The lowest BCUT2D eigenvalue weighted by Crippen LogP contribution is -2.44. The van der Waals surface area contributed by atoms with Crippen molar-refractivity contribution < 1.29 is 18.7 Å². The van der Waals surface area contributed by atoms with Gasteiger partial charge in [-0.2, -0.15) is 5.10 Å². The maximum atomic E-state index is 15.2. The van der Waals surface area contributed by atoms with Gasteiger partial charge in [0.2, 0.25) is 11.8 Å². The Balaban J connectivity index is 1.66. The van der Waals surface area contributed by atoms with E-state index in [0.29, 0.717) is 24.5 Å². The van der Waals surface area contributed by atoms with E-state index in [1.54, 1.807) is 16.8 Å². The van der Waals surface area contributed by atoms with E-state index in [0.717, 1.165) is 35.3 Å². The molecule has 5 rings (SSSR count). The number of nitrogens with zero attached hydrogens (tertiary/aromatic N) is 3. The quantitative estimate of drug-likeness (QED) is 0.463. The first-order valence-corrected chi connectivity index (χ1v) is 14.4. The molecule has 206 valence electrons. The van der Waals surface area contributed by atoms with Crippen molar-refractivity contribution in [3.8, 4) is 5.69 Å². The fourth-order valence-electron chi connectivity index (χ4n) is 5.10. The highest BCUT2D eigenvalue weighted by molar-refractivity contribution is 8.00. The minimum Gasteiger partial charge on any atom is -0.376 e. The van der Waals surface area contributed by atoms with Crippen molar-refractivity contribution in [3.63, 3.8) is 0 Å². The Bertz CT molecular complexity index is 1360. The number of aromatic nitrogens is 2. The third kappa shape index (κ3) is 5.75. The SMILES string of the molecule is Cc1ccc(-n2nc(C(C)(C)C)c3c2N(CC(=O)NC[C@H]2CCCO2)C(=O)CS[C@@H]3c2ccccc2F)cc1. The molecule has 3 heterocycles. The Hall–Kier alpha value is -3.17. The van der Waals surface area contributed by atoms with Crippen LogP contribution in [0.25, 0.3) is 5.69 Å². The van der Waals surface area contributed by atoms with Gasteiger partial charge in [0.05, 0.1) is 28.5 Å². The summed E-state index contributed by atoms with van der Waals surface area (Å²) < 4.78 is 22.6. The maximum absolute atomic E-state index is 15.2. The molecule has 9 heteroatoms. The molecule has 1 aromatic heterocycles. The van der Waals surface area contributed by atoms with Crippen molar-refractivity contribution >= 4 is 29.4 Å². The summed E-state index contributed by atoms with van der Waals surface area (Å²) in [7, 11) is 0. The van der Waals surface area contributed by atoms with Gasteiger partial charge in [0.25, 0.3) is 0 Å². The topological polar surface area (TPSA) is 76.5 Å². The number of anilines is 1. The molecule has 39 heavy (non-hydrogen) atoms. The van der Waals surface area contributed by atoms with Crippen LogP contribution in [-0.4, -0.2) is 53.1 Å². The van der Waals surface area contributed by atoms with Crippen LogP contribution in [0.4, 0.5) is 10.2 Å². The molecule has 3 aromatic rings. The molecule has 7 nitrogen and oxygen atoms in total.